The number of fused-ring (bicyclic) bond motifs is 1. The van der Waals surface area contributed by atoms with Crippen molar-refractivity contribution in [2.24, 2.45) is 5.92 Å². The van der Waals surface area contributed by atoms with Gasteiger partial charge in [0.2, 0.25) is 5.91 Å². The van der Waals surface area contributed by atoms with Gasteiger partial charge in [-0.3, -0.25) is 4.79 Å². The molecule has 0 aromatic heterocycles. The largest absolute Gasteiger partial charge is 0.387 e. The maximum atomic E-state index is 12.0. The van der Waals surface area contributed by atoms with Crippen LogP contribution in [0.25, 0.3) is 10.8 Å². The van der Waals surface area contributed by atoms with Gasteiger partial charge in [-0.2, -0.15) is 0 Å². The van der Waals surface area contributed by atoms with Crippen LogP contribution in [0.5, 0.6) is 0 Å². The first kappa shape index (κ1) is 16.0. The standard InChI is InChI=1S/C17H19NO4S/c19-16(10-18-17(20)15-7-8-23(21,22)11-15)14-6-5-12-3-1-2-4-13(12)9-14/h1-6,9,15-16,19H,7-8,10-11H2,(H,18,20). The Balaban J connectivity index is 1.62. The van der Waals surface area contributed by atoms with E-state index in [1.165, 1.54) is 0 Å². The van der Waals surface area contributed by atoms with E-state index in [-0.39, 0.29) is 24.0 Å². The number of aliphatic hydroxyl groups excluding tert-OH is 1. The Morgan fingerprint density at radius 1 is 1.22 bits per heavy atom. The van der Waals surface area contributed by atoms with Crippen LogP contribution in [0.2, 0.25) is 0 Å². The number of hydrogen-bond acceptors (Lipinski definition) is 4. The molecule has 23 heavy (non-hydrogen) atoms. The first-order valence-electron chi connectivity index (χ1n) is 7.59. The zero-order valence-electron chi connectivity index (χ0n) is 12.6. The summed E-state index contributed by atoms with van der Waals surface area (Å²) in [5, 5.41) is 15.0. The van der Waals surface area contributed by atoms with E-state index in [2.05, 4.69) is 5.32 Å². The number of rotatable bonds is 4. The van der Waals surface area contributed by atoms with Crippen molar-refractivity contribution in [1.29, 1.82) is 0 Å². The van der Waals surface area contributed by atoms with Crippen LogP contribution in [-0.4, -0.2) is 37.5 Å². The van der Waals surface area contributed by atoms with E-state index in [1.807, 2.05) is 42.5 Å². The Morgan fingerprint density at radius 3 is 2.65 bits per heavy atom. The summed E-state index contributed by atoms with van der Waals surface area (Å²) in [5.41, 5.74) is 0.725. The molecule has 6 heteroatoms. The lowest BCUT2D eigenvalue weighted by Crippen LogP contribution is -2.34. The Kier molecular flexibility index (Phi) is 4.37. The van der Waals surface area contributed by atoms with Crippen LogP contribution in [-0.2, 0) is 14.6 Å². The predicted octanol–water partition coefficient (Wildman–Crippen LogP) is 1.42. The first-order valence-corrected chi connectivity index (χ1v) is 9.42. The molecule has 2 unspecified atom stereocenters. The highest BCUT2D eigenvalue weighted by Gasteiger charge is 2.32. The van der Waals surface area contributed by atoms with Gasteiger partial charge < -0.3 is 10.4 Å². The lowest BCUT2D eigenvalue weighted by atomic mass is 10.0. The van der Waals surface area contributed by atoms with Gasteiger partial charge in [-0.05, 0) is 28.8 Å². The van der Waals surface area contributed by atoms with Crippen molar-refractivity contribution in [3.05, 3.63) is 48.0 Å². The van der Waals surface area contributed by atoms with Crippen LogP contribution >= 0.6 is 0 Å². The van der Waals surface area contributed by atoms with Crippen molar-refractivity contribution < 1.29 is 18.3 Å². The average molecular weight is 333 g/mol. The zero-order valence-corrected chi connectivity index (χ0v) is 13.4. The van der Waals surface area contributed by atoms with Gasteiger partial charge in [0.1, 0.15) is 0 Å². The fourth-order valence-corrected chi connectivity index (χ4v) is 4.62. The van der Waals surface area contributed by atoms with Gasteiger partial charge in [0.25, 0.3) is 0 Å². The second-order valence-electron chi connectivity index (χ2n) is 5.97. The molecule has 1 fully saturated rings. The summed E-state index contributed by atoms with van der Waals surface area (Å²) in [4.78, 5) is 12.0. The lowest BCUT2D eigenvalue weighted by Gasteiger charge is -2.15. The molecule has 0 spiro atoms. The summed E-state index contributed by atoms with van der Waals surface area (Å²) in [7, 11) is -3.08. The fraction of sp³-hybridized carbons (Fsp3) is 0.353. The predicted molar refractivity (Wildman–Crippen MR) is 88.7 cm³/mol. The molecule has 122 valence electrons. The number of carbonyl (C=O) groups excluding carboxylic acids is 1. The molecule has 0 bridgehead atoms. The summed E-state index contributed by atoms with van der Waals surface area (Å²) in [6.45, 7) is 0.0771. The minimum Gasteiger partial charge on any atom is -0.387 e. The summed E-state index contributed by atoms with van der Waals surface area (Å²) >= 11 is 0. The van der Waals surface area contributed by atoms with Crippen molar-refractivity contribution in [2.75, 3.05) is 18.1 Å². The summed E-state index contributed by atoms with van der Waals surface area (Å²) in [6.07, 6.45) is -0.457. The maximum Gasteiger partial charge on any atom is 0.224 e. The van der Waals surface area contributed by atoms with Crippen molar-refractivity contribution in [1.82, 2.24) is 5.32 Å². The third kappa shape index (κ3) is 3.71. The fourth-order valence-electron chi connectivity index (χ4n) is 2.88. The van der Waals surface area contributed by atoms with Crippen LogP contribution < -0.4 is 5.32 Å². The van der Waals surface area contributed by atoms with Crippen LogP contribution in [0.1, 0.15) is 18.1 Å². The molecular formula is C17H19NO4S. The molecule has 3 rings (SSSR count). The summed E-state index contributed by atoms with van der Waals surface area (Å²) < 4.78 is 22.8. The monoisotopic (exact) mass is 333 g/mol. The minimum atomic E-state index is -3.08. The van der Waals surface area contributed by atoms with Crippen molar-refractivity contribution >= 4 is 26.5 Å². The molecule has 1 aliphatic heterocycles. The number of carbonyl (C=O) groups is 1. The van der Waals surface area contributed by atoms with Crippen molar-refractivity contribution in [3.8, 4) is 0 Å². The number of aliphatic hydroxyl groups is 1. The molecule has 2 aromatic rings. The Morgan fingerprint density at radius 2 is 1.96 bits per heavy atom. The zero-order chi connectivity index (χ0) is 16.4. The highest BCUT2D eigenvalue weighted by molar-refractivity contribution is 7.91. The van der Waals surface area contributed by atoms with Crippen molar-refractivity contribution in [3.63, 3.8) is 0 Å². The summed E-state index contributed by atoms with van der Waals surface area (Å²) in [5.74, 6) is -0.821. The Bertz CT molecular complexity index is 831. The second kappa shape index (κ2) is 6.29. The van der Waals surface area contributed by atoms with Gasteiger partial charge in [-0.1, -0.05) is 36.4 Å². The van der Waals surface area contributed by atoms with E-state index < -0.39 is 21.9 Å². The van der Waals surface area contributed by atoms with Crippen LogP contribution in [0.3, 0.4) is 0 Å². The number of sulfone groups is 1. The lowest BCUT2D eigenvalue weighted by molar-refractivity contribution is -0.124. The molecule has 2 atom stereocenters. The van der Waals surface area contributed by atoms with Crippen LogP contribution in [0.4, 0.5) is 0 Å². The van der Waals surface area contributed by atoms with Gasteiger partial charge in [-0.15, -0.1) is 0 Å². The molecule has 1 saturated heterocycles. The van der Waals surface area contributed by atoms with E-state index in [1.54, 1.807) is 0 Å². The van der Waals surface area contributed by atoms with Gasteiger partial charge in [0.05, 0.1) is 23.5 Å². The third-order valence-corrected chi connectivity index (χ3v) is 6.00. The van der Waals surface area contributed by atoms with Gasteiger partial charge in [0, 0.05) is 6.54 Å². The number of nitrogens with one attached hydrogen (secondary N) is 1. The molecule has 1 amide bonds. The van der Waals surface area contributed by atoms with Gasteiger partial charge >= 0.3 is 0 Å². The molecule has 0 saturated carbocycles. The Hall–Kier alpha value is -1.92. The maximum absolute atomic E-state index is 12.0. The first-order chi connectivity index (χ1) is 10.9. The quantitative estimate of drug-likeness (QED) is 0.886. The molecule has 0 radical (unpaired) electrons. The molecule has 5 nitrogen and oxygen atoms in total. The molecule has 1 aliphatic rings. The minimum absolute atomic E-state index is 0.0678. The highest BCUT2D eigenvalue weighted by Crippen LogP contribution is 2.21. The Labute approximate surface area is 135 Å². The van der Waals surface area contributed by atoms with E-state index in [0.29, 0.717) is 6.42 Å². The molecule has 2 N–H and O–H groups in total. The number of benzene rings is 2. The van der Waals surface area contributed by atoms with Gasteiger partial charge in [0.15, 0.2) is 9.84 Å². The van der Waals surface area contributed by atoms with Gasteiger partial charge in [-0.25, -0.2) is 8.42 Å². The molecule has 1 heterocycles. The SMILES string of the molecule is O=C(NCC(O)c1ccc2ccccc2c1)C1CCS(=O)(=O)C1. The smallest absolute Gasteiger partial charge is 0.224 e. The molecule has 2 aromatic carbocycles. The second-order valence-corrected chi connectivity index (χ2v) is 8.20. The molecule has 0 aliphatic carbocycles. The third-order valence-electron chi connectivity index (χ3n) is 4.23. The van der Waals surface area contributed by atoms with E-state index in [9.17, 15) is 18.3 Å². The number of amides is 1. The average Bonchev–Trinajstić information content (AvgIpc) is 2.92. The normalized spacial score (nSPS) is 21.2. The van der Waals surface area contributed by atoms with Crippen molar-refractivity contribution in [2.45, 2.75) is 12.5 Å². The van der Waals surface area contributed by atoms with E-state index in [0.717, 1.165) is 16.3 Å². The number of hydrogen-bond donors (Lipinski definition) is 2. The molecular weight excluding hydrogens is 314 g/mol. The highest BCUT2D eigenvalue weighted by atomic mass is 32.2. The van der Waals surface area contributed by atoms with E-state index in [4.69, 9.17) is 0 Å². The topological polar surface area (TPSA) is 83.5 Å². The summed E-state index contributed by atoms with van der Waals surface area (Å²) in [6, 6.07) is 13.5. The van der Waals surface area contributed by atoms with Crippen LogP contribution in [0.15, 0.2) is 42.5 Å². The van der Waals surface area contributed by atoms with E-state index >= 15 is 0 Å². The van der Waals surface area contributed by atoms with Crippen LogP contribution in [0, 0.1) is 5.92 Å².